The number of nitrogen functional groups attached to an aromatic ring is 1. The molecule has 49 heavy (non-hydrogen) atoms. The number of hydrogen-bond acceptors (Lipinski definition) is 9. The number of carbonyl (C=O) groups is 1. The number of para-hydroxylation sites is 2. The van der Waals surface area contributed by atoms with Crippen molar-refractivity contribution in [2.45, 2.75) is 75.3 Å². The number of amides is 1. The van der Waals surface area contributed by atoms with Gasteiger partial charge in [-0.05, 0) is 112 Å². The molecular formula is C39H45N7O3. The zero-order valence-corrected chi connectivity index (χ0v) is 27.9. The van der Waals surface area contributed by atoms with Gasteiger partial charge in [-0.3, -0.25) is 9.78 Å². The Kier molecular flexibility index (Phi) is 8.80. The number of anilines is 2. The van der Waals surface area contributed by atoms with Gasteiger partial charge in [0, 0.05) is 35.3 Å². The van der Waals surface area contributed by atoms with Gasteiger partial charge >= 0.3 is 0 Å². The van der Waals surface area contributed by atoms with Crippen molar-refractivity contribution in [1.82, 2.24) is 25.4 Å². The molecule has 2 saturated heterocycles. The number of benzene rings is 2. The molecule has 5 heterocycles. The average molecular weight is 660 g/mol. The Morgan fingerprint density at radius 3 is 2.45 bits per heavy atom. The molecule has 8 rings (SSSR count). The van der Waals surface area contributed by atoms with E-state index in [9.17, 15) is 9.90 Å². The number of aromatic nitrogens is 3. The Morgan fingerprint density at radius 2 is 1.63 bits per heavy atom. The molecule has 3 fully saturated rings. The third-order valence-corrected chi connectivity index (χ3v) is 11.2. The normalized spacial score (nSPS) is 23.4. The zero-order chi connectivity index (χ0) is 33.3. The minimum Gasteiger partial charge on any atom is -0.507 e. The quantitative estimate of drug-likeness (QED) is 0.233. The van der Waals surface area contributed by atoms with Gasteiger partial charge in [-0.1, -0.05) is 30.3 Å². The highest BCUT2D eigenvalue weighted by Gasteiger charge is 2.36. The van der Waals surface area contributed by atoms with Crippen LogP contribution in [0.2, 0.25) is 0 Å². The third kappa shape index (κ3) is 6.30. The Balaban J connectivity index is 0.899. The van der Waals surface area contributed by atoms with E-state index in [4.69, 9.17) is 15.5 Å². The molecule has 1 atom stereocenters. The molecule has 10 heteroatoms. The fraction of sp³-hybridized carbons (Fsp3) is 0.436. The molecule has 0 spiro atoms. The van der Waals surface area contributed by atoms with Gasteiger partial charge in [0.15, 0.2) is 5.82 Å². The minimum absolute atomic E-state index is 0.100. The van der Waals surface area contributed by atoms with Crippen LogP contribution in [0.25, 0.3) is 22.5 Å². The maximum absolute atomic E-state index is 12.7. The maximum atomic E-state index is 12.7. The summed E-state index contributed by atoms with van der Waals surface area (Å²) in [7, 11) is 0. The Labute approximate surface area is 287 Å². The molecule has 0 bridgehead atoms. The average Bonchev–Trinajstić information content (AvgIpc) is 3.15. The Hall–Kier alpha value is -4.70. The van der Waals surface area contributed by atoms with Crippen molar-refractivity contribution in [2.75, 3.05) is 43.4 Å². The van der Waals surface area contributed by atoms with Crippen molar-refractivity contribution < 1.29 is 14.6 Å². The van der Waals surface area contributed by atoms with Crippen molar-refractivity contribution in [1.29, 1.82) is 0 Å². The summed E-state index contributed by atoms with van der Waals surface area (Å²) in [6.07, 6.45) is 8.77. The summed E-state index contributed by atoms with van der Waals surface area (Å²) in [5.74, 6) is 2.50. The first-order valence-corrected chi connectivity index (χ1v) is 18.0. The number of nitrogens with zero attached hydrogens (tertiary/aromatic N) is 5. The van der Waals surface area contributed by atoms with Crippen LogP contribution in [0.1, 0.15) is 74.5 Å². The molecule has 2 aromatic heterocycles. The molecule has 4 N–H and O–H groups in total. The lowest BCUT2D eigenvalue weighted by Gasteiger charge is -2.42. The SMILES string of the molecule is Nc1nnc(-c2ccccc2O)cc1-c1cccc(C2CCN(C3CCC(c4cccc5c4OCCN5C4CCCNC4=O)CC3)CC2)n1. The van der Waals surface area contributed by atoms with E-state index in [2.05, 4.69) is 55.6 Å². The first-order chi connectivity index (χ1) is 24.0. The monoisotopic (exact) mass is 659 g/mol. The van der Waals surface area contributed by atoms with E-state index in [1.54, 1.807) is 12.1 Å². The predicted molar refractivity (Wildman–Crippen MR) is 191 cm³/mol. The summed E-state index contributed by atoms with van der Waals surface area (Å²) in [5, 5.41) is 21.8. The lowest BCUT2D eigenvalue weighted by atomic mass is 9.79. The zero-order valence-electron chi connectivity index (χ0n) is 27.9. The molecule has 10 nitrogen and oxygen atoms in total. The molecule has 4 aromatic rings. The number of likely N-dealkylation sites (tertiary alicyclic amines) is 1. The minimum atomic E-state index is -0.100. The van der Waals surface area contributed by atoms with Crippen molar-refractivity contribution in [2.24, 2.45) is 0 Å². The summed E-state index contributed by atoms with van der Waals surface area (Å²) in [5.41, 5.74) is 12.5. The van der Waals surface area contributed by atoms with E-state index in [1.165, 1.54) is 18.4 Å². The van der Waals surface area contributed by atoms with Gasteiger partial charge in [-0.15, -0.1) is 10.2 Å². The Morgan fingerprint density at radius 1 is 0.816 bits per heavy atom. The number of phenolic OH excluding ortho intramolecular Hbond substituents is 1. The number of rotatable bonds is 6. The van der Waals surface area contributed by atoms with Crippen LogP contribution in [0, 0.1) is 0 Å². The van der Waals surface area contributed by atoms with Gasteiger partial charge in [0.2, 0.25) is 5.91 Å². The summed E-state index contributed by atoms with van der Waals surface area (Å²) < 4.78 is 6.32. The van der Waals surface area contributed by atoms with Crippen molar-refractivity contribution in [3.05, 3.63) is 78.0 Å². The molecule has 1 amide bonds. The number of fused-ring (bicyclic) bond motifs is 1. The van der Waals surface area contributed by atoms with Crippen molar-refractivity contribution in [3.63, 3.8) is 0 Å². The maximum Gasteiger partial charge on any atom is 0.242 e. The first-order valence-electron chi connectivity index (χ1n) is 18.0. The van der Waals surface area contributed by atoms with E-state index in [0.717, 1.165) is 93.1 Å². The van der Waals surface area contributed by atoms with E-state index in [1.807, 2.05) is 24.3 Å². The second-order valence-electron chi connectivity index (χ2n) is 14.0. The number of phenols is 1. The molecule has 0 radical (unpaired) electrons. The molecule has 254 valence electrons. The van der Waals surface area contributed by atoms with Gasteiger partial charge < -0.3 is 30.7 Å². The summed E-state index contributed by atoms with van der Waals surface area (Å²) in [4.78, 5) is 22.8. The fourth-order valence-electron chi connectivity index (χ4n) is 8.56. The van der Waals surface area contributed by atoms with Crippen LogP contribution in [0.5, 0.6) is 11.5 Å². The van der Waals surface area contributed by atoms with Crippen LogP contribution in [0.4, 0.5) is 11.5 Å². The van der Waals surface area contributed by atoms with Crippen LogP contribution in [0.3, 0.4) is 0 Å². The molecular weight excluding hydrogens is 614 g/mol. The highest BCUT2D eigenvalue weighted by Crippen LogP contribution is 2.45. The van der Waals surface area contributed by atoms with Crippen LogP contribution in [0.15, 0.2) is 66.7 Å². The van der Waals surface area contributed by atoms with Crippen molar-refractivity contribution in [3.8, 4) is 34.0 Å². The third-order valence-electron chi connectivity index (χ3n) is 11.2. The smallest absolute Gasteiger partial charge is 0.242 e. The van der Waals surface area contributed by atoms with Gasteiger partial charge in [0.1, 0.15) is 24.1 Å². The molecule has 3 aliphatic heterocycles. The fourth-order valence-corrected chi connectivity index (χ4v) is 8.56. The van der Waals surface area contributed by atoms with Crippen LogP contribution < -0.4 is 20.7 Å². The second kappa shape index (κ2) is 13.7. The van der Waals surface area contributed by atoms with Gasteiger partial charge in [-0.2, -0.15) is 0 Å². The standard InChI is InChI=1S/C39H45N7O3/c40-38-30(24-33(43-44-38)29-6-1-2-12-36(29)47)32-9-4-8-31(42-32)26-17-20-45(21-18-26)27-15-13-25(14-16-27)28-7-3-10-34-37(28)49-23-22-46(34)35-11-5-19-41-39(35)48/h1-4,6-10,12,24-27,35,47H,5,11,13-23H2,(H2,40,44)(H,41,48). The molecule has 1 unspecified atom stereocenters. The number of hydrogen-bond donors (Lipinski definition) is 3. The predicted octanol–water partition coefficient (Wildman–Crippen LogP) is 5.88. The number of aromatic hydroxyl groups is 1. The topological polar surface area (TPSA) is 130 Å². The van der Waals surface area contributed by atoms with Gasteiger partial charge in [0.25, 0.3) is 0 Å². The Bertz CT molecular complexity index is 1820. The van der Waals surface area contributed by atoms with Gasteiger partial charge in [0.05, 0.1) is 23.6 Å². The van der Waals surface area contributed by atoms with Crippen LogP contribution in [-0.2, 0) is 4.79 Å². The summed E-state index contributed by atoms with van der Waals surface area (Å²) in [6, 6.07) is 22.2. The molecule has 2 aromatic carbocycles. The number of nitrogens with two attached hydrogens (primary N) is 1. The summed E-state index contributed by atoms with van der Waals surface area (Å²) in [6.45, 7) is 4.31. The number of nitrogens with one attached hydrogen (secondary N) is 1. The van der Waals surface area contributed by atoms with E-state index in [0.29, 0.717) is 41.6 Å². The lowest BCUT2D eigenvalue weighted by molar-refractivity contribution is -0.123. The van der Waals surface area contributed by atoms with E-state index in [-0.39, 0.29) is 17.7 Å². The summed E-state index contributed by atoms with van der Waals surface area (Å²) >= 11 is 0. The van der Waals surface area contributed by atoms with Crippen LogP contribution >= 0.6 is 0 Å². The number of ether oxygens (including phenoxy) is 1. The van der Waals surface area contributed by atoms with Crippen molar-refractivity contribution >= 4 is 17.4 Å². The number of carbonyl (C=O) groups excluding carboxylic acids is 1. The highest BCUT2D eigenvalue weighted by atomic mass is 16.5. The highest BCUT2D eigenvalue weighted by molar-refractivity contribution is 5.87. The second-order valence-corrected chi connectivity index (χ2v) is 14.0. The first kappa shape index (κ1) is 31.6. The van der Waals surface area contributed by atoms with E-state index < -0.39 is 0 Å². The van der Waals surface area contributed by atoms with E-state index >= 15 is 0 Å². The lowest BCUT2D eigenvalue weighted by Crippen LogP contribution is -2.53. The molecule has 1 saturated carbocycles. The molecule has 4 aliphatic rings. The van der Waals surface area contributed by atoms with Gasteiger partial charge in [-0.25, -0.2) is 0 Å². The largest absolute Gasteiger partial charge is 0.507 e. The molecule has 1 aliphatic carbocycles. The number of piperidine rings is 2. The van der Waals surface area contributed by atoms with Crippen LogP contribution in [-0.4, -0.2) is 76.0 Å². The number of pyridine rings is 1.